The standard InChI is InChI=1S/C13H10ClN3OS/c1-8-15-11(14)6-13(18)17(8)7-12-16-9-4-2-3-5-10(9)19-12/h2-6H,7H2,1H3. The molecule has 0 amide bonds. The number of benzene rings is 1. The molecule has 0 N–H and O–H groups in total. The highest BCUT2D eigenvalue weighted by molar-refractivity contribution is 7.18. The number of aryl methyl sites for hydroxylation is 1. The highest BCUT2D eigenvalue weighted by atomic mass is 35.5. The molecule has 2 aromatic heterocycles. The summed E-state index contributed by atoms with van der Waals surface area (Å²) < 4.78 is 2.69. The zero-order chi connectivity index (χ0) is 13.4. The molecule has 0 aliphatic rings. The Morgan fingerprint density at radius 3 is 2.84 bits per heavy atom. The third-order valence-corrected chi connectivity index (χ3v) is 4.01. The van der Waals surface area contributed by atoms with Gasteiger partial charge in [0.15, 0.2) is 0 Å². The second kappa shape index (κ2) is 4.75. The van der Waals surface area contributed by atoms with Gasteiger partial charge in [0.05, 0.1) is 16.8 Å². The number of thiazole rings is 1. The normalized spacial score (nSPS) is 11.1. The quantitative estimate of drug-likeness (QED) is 0.682. The van der Waals surface area contributed by atoms with Crippen LogP contribution in [0.5, 0.6) is 0 Å². The van der Waals surface area contributed by atoms with Crippen molar-refractivity contribution < 1.29 is 0 Å². The van der Waals surface area contributed by atoms with Crippen molar-refractivity contribution in [2.75, 3.05) is 0 Å². The second-order valence-corrected chi connectivity index (χ2v) is 5.63. The van der Waals surface area contributed by atoms with Crippen LogP contribution in [-0.4, -0.2) is 14.5 Å². The molecule has 0 unspecified atom stereocenters. The number of hydrogen-bond acceptors (Lipinski definition) is 4. The number of para-hydroxylation sites is 1. The maximum absolute atomic E-state index is 11.9. The molecule has 0 bridgehead atoms. The minimum Gasteiger partial charge on any atom is -0.290 e. The highest BCUT2D eigenvalue weighted by Crippen LogP contribution is 2.22. The van der Waals surface area contributed by atoms with E-state index in [2.05, 4.69) is 9.97 Å². The van der Waals surface area contributed by atoms with Crippen LogP contribution in [0.1, 0.15) is 10.8 Å². The molecule has 2 heterocycles. The molecule has 19 heavy (non-hydrogen) atoms. The van der Waals surface area contributed by atoms with E-state index >= 15 is 0 Å². The van der Waals surface area contributed by atoms with Crippen LogP contribution in [0.15, 0.2) is 35.1 Å². The van der Waals surface area contributed by atoms with Crippen LogP contribution in [-0.2, 0) is 6.54 Å². The van der Waals surface area contributed by atoms with Crippen LogP contribution in [0.3, 0.4) is 0 Å². The lowest BCUT2D eigenvalue weighted by molar-refractivity contribution is 0.698. The van der Waals surface area contributed by atoms with E-state index in [0.29, 0.717) is 12.4 Å². The zero-order valence-corrected chi connectivity index (χ0v) is 11.7. The van der Waals surface area contributed by atoms with Gasteiger partial charge in [-0.2, -0.15) is 0 Å². The van der Waals surface area contributed by atoms with Gasteiger partial charge in [0.25, 0.3) is 5.56 Å². The summed E-state index contributed by atoms with van der Waals surface area (Å²) in [5.74, 6) is 0.594. The maximum atomic E-state index is 11.9. The molecule has 0 spiro atoms. The first kappa shape index (κ1) is 12.3. The van der Waals surface area contributed by atoms with Gasteiger partial charge in [0, 0.05) is 6.07 Å². The predicted octanol–water partition coefficient (Wildman–Crippen LogP) is 2.86. The van der Waals surface area contributed by atoms with Gasteiger partial charge >= 0.3 is 0 Å². The number of fused-ring (bicyclic) bond motifs is 1. The van der Waals surface area contributed by atoms with Gasteiger partial charge in [-0.1, -0.05) is 23.7 Å². The Kier molecular flexibility index (Phi) is 3.08. The highest BCUT2D eigenvalue weighted by Gasteiger charge is 2.08. The lowest BCUT2D eigenvalue weighted by Gasteiger charge is -2.06. The topological polar surface area (TPSA) is 47.8 Å². The minimum absolute atomic E-state index is 0.156. The van der Waals surface area contributed by atoms with Gasteiger partial charge in [0.2, 0.25) is 0 Å². The fraction of sp³-hybridized carbons (Fsp3) is 0.154. The van der Waals surface area contributed by atoms with Crippen molar-refractivity contribution in [3.8, 4) is 0 Å². The van der Waals surface area contributed by atoms with Crippen molar-refractivity contribution >= 4 is 33.2 Å². The second-order valence-electron chi connectivity index (χ2n) is 4.13. The van der Waals surface area contributed by atoms with E-state index in [1.54, 1.807) is 22.8 Å². The molecule has 6 heteroatoms. The molecule has 3 rings (SSSR count). The molecule has 0 saturated carbocycles. The molecule has 0 radical (unpaired) electrons. The molecular formula is C13H10ClN3OS. The van der Waals surface area contributed by atoms with Crippen LogP contribution >= 0.6 is 22.9 Å². The summed E-state index contributed by atoms with van der Waals surface area (Å²) in [5, 5.41) is 1.11. The predicted molar refractivity (Wildman–Crippen MR) is 77.0 cm³/mol. The van der Waals surface area contributed by atoms with E-state index in [9.17, 15) is 4.79 Å². The van der Waals surface area contributed by atoms with Crippen molar-refractivity contribution in [2.24, 2.45) is 0 Å². The maximum Gasteiger partial charge on any atom is 0.255 e. The lowest BCUT2D eigenvalue weighted by Crippen LogP contribution is -2.23. The average Bonchev–Trinajstić information content (AvgIpc) is 2.76. The SMILES string of the molecule is Cc1nc(Cl)cc(=O)n1Cc1nc2ccccc2s1. The summed E-state index contributed by atoms with van der Waals surface area (Å²) in [6.45, 7) is 2.19. The summed E-state index contributed by atoms with van der Waals surface area (Å²) in [6.07, 6.45) is 0. The molecule has 96 valence electrons. The van der Waals surface area contributed by atoms with Crippen LogP contribution < -0.4 is 5.56 Å². The molecule has 0 atom stereocenters. The first-order valence-corrected chi connectivity index (χ1v) is 6.91. The van der Waals surface area contributed by atoms with E-state index in [1.807, 2.05) is 24.3 Å². The lowest BCUT2D eigenvalue weighted by atomic mass is 10.3. The molecule has 1 aromatic carbocycles. The minimum atomic E-state index is -0.156. The Morgan fingerprint density at radius 1 is 1.32 bits per heavy atom. The van der Waals surface area contributed by atoms with Crippen molar-refractivity contribution in [1.29, 1.82) is 0 Å². The van der Waals surface area contributed by atoms with Crippen molar-refractivity contribution in [3.05, 3.63) is 56.7 Å². The Hall–Kier alpha value is -1.72. The molecule has 0 fully saturated rings. The third-order valence-electron chi connectivity index (χ3n) is 2.80. The van der Waals surface area contributed by atoms with Gasteiger partial charge < -0.3 is 0 Å². The molecule has 4 nitrogen and oxygen atoms in total. The summed E-state index contributed by atoms with van der Waals surface area (Å²) in [7, 11) is 0. The first-order valence-electron chi connectivity index (χ1n) is 5.72. The van der Waals surface area contributed by atoms with Gasteiger partial charge in [0.1, 0.15) is 16.0 Å². The largest absolute Gasteiger partial charge is 0.290 e. The van der Waals surface area contributed by atoms with Crippen molar-refractivity contribution in [2.45, 2.75) is 13.5 Å². The van der Waals surface area contributed by atoms with E-state index in [1.165, 1.54) is 6.07 Å². The van der Waals surface area contributed by atoms with Crippen molar-refractivity contribution in [1.82, 2.24) is 14.5 Å². The first-order chi connectivity index (χ1) is 9.13. The molecular weight excluding hydrogens is 282 g/mol. The zero-order valence-electron chi connectivity index (χ0n) is 10.1. The molecule has 0 saturated heterocycles. The number of halogens is 1. The monoisotopic (exact) mass is 291 g/mol. The summed E-state index contributed by atoms with van der Waals surface area (Å²) >= 11 is 7.33. The fourth-order valence-corrected chi connectivity index (χ4v) is 3.07. The van der Waals surface area contributed by atoms with E-state index < -0.39 is 0 Å². The number of rotatable bonds is 2. The molecule has 0 aliphatic heterocycles. The Bertz CT molecular complexity index is 776. The summed E-state index contributed by atoms with van der Waals surface area (Å²) in [5.41, 5.74) is 0.798. The van der Waals surface area contributed by atoms with Gasteiger partial charge in [-0.05, 0) is 19.1 Å². The van der Waals surface area contributed by atoms with Crippen LogP contribution in [0.2, 0.25) is 5.15 Å². The van der Waals surface area contributed by atoms with Crippen LogP contribution in [0, 0.1) is 6.92 Å². The number of nitrogens with zero attached hydrogens (tertiary/aromatic N) is 3. The average molecular weight is 292 g/mol. The molecule has 0 aliphatic carbocycles. The van der Waals surface area contributed by atoms with Crippen molar-refractivity contribution in [3.63, 3.8) is 0 Å². The fourth-order valence-electron chi connectivity index (χ4n) is 1.90. The van der Waals surface area contributed by atoms with E-state index in [0.717, 1.165) is 15.2 Å². The Labute approximate surface area is 118 Å². The van der Waals surface area contributed by atoms with Gasteiger partial charge in [-0.15, -0.1) is 11.3 Å². The Balaban J connectivity index is 2.03. The third kappa shape index (κ3) is 2.39. The van der Waals surface area contributed by atoms with Gasteiger partial charge in [-0.3, -0.25) is 9.36 Å². The Morgan fingerprint density at radius 2 is 2.11 bits per heavy atom. The van der Waals surface area contributed by atoms with Gasteiger partial charge in [-0.25, -0.2) is 9.97 Å². The summed E-state index contributed by atoms with van der Waals surface area (Å²) in [4.78, 5) is 20.5. The summed E-state index contributed by atoms with van der Waals surface area (Å²) in [6, 6.07) is 9.23. The van der Waals surface area contributed by atoms with E-state index in [-0.39, 0.29) is 10.7 Å². The smallest absolute Gasteiger partial charge is 0.255 e. The van der Waals surface area contributed by atoms with E-state index in [4.69, 9.17) is 11.6 Å². The van der Waals surface area contributed by atoms with Crippen LogP contribution in [0.4, 0.5) is 0 Å². The number of aromatic nitrogens is 3. The number of hydrogen-bond donors (Lipinski definition) is 0. The molecule has 3 aromatic rings. The van der Waals surface area contributed by atoms with Crippen LogP contribution in [0.25, 0.3) is 10.2 Å².